The highest BCUT2D eigenvalue weighted by atomic mass is 79.9. The molecule has 3 nitrogen and oxygen atoms in total. The van der Waals surface area contributed by atoms with Crippen LogP contribution in [0.15, 0.2) is 22.7 Å². The minimum atomic E-state index is 0.164. The molecule has 0 aromatic heterocycles. The third kappa shape index (κ3) is 3.20. The summed E-state index contributed by atoms with van der Waals surface area (Å²) in [4.78, 5) is 0. The lowest BCUT2D eigenvalue weighted by molar-refractivity contribution is 0.0000646. The number of ether oxygens (including phenoxy) is 2. The molecule has 16 heavy (non-hydrogen) atoms. The summed E-state index contributed by atoms with van der Waals surface area (Å²) in [7, 11) is 0. The lowest BCUT2D eigenvalue weighted by atomic mass is 10.2. The van der Waals surface area contributed by atoms with Crippen molar-refractivity contribution in [2.75, 3.05) is 26.3 Å². The molecule has 1 aliphatic rings. The lowest BCUT2D eigenvalue weighted by Gasteiger charge is -2.24. The lowest BCUT2D eigenvalue weighted by Crippen LogP contribution is -2.41. The molecule has 1 heterocycles. The molecular formula is C12H16BrNO2. The van der Waals surface area contributed by atoms with Crippen molar-refractivity contribution in [3.8, 4) is 5.75 Å². The number of hydrogen-bond acceptors (Lipinski definition) is 3. The molecule has 0 amide bonds. The van der Waals surface area contributed by atoms with Gasteiger partial charge in [-0.25, -0.2) is 0 Å². The van der Waals surface area contributed by atoms with Gasteiger partial charge in [-0.2, -0.15) is 0 Å². The van der Waals surface area contributed by atoms with E-state index in [0.717, 1.165) is 35.5 Å². The summed E-state index contributed by atoms with van der Waals surface area (Å²) in [5, 5.41) is 3.28. The zero-order valence-corrected chi connectivity index (χ0v) is 10.9. The van der Waals surface area contributed by atoms with E-state index in [-0.39, 0.29) is 6.10 Å². The van der Waals surface area contributed by atoms with Crippen LogP contribution in [0.5, 0.6) is 5.75 Å². The van der Waals surface area contributed by atoms with Gasteiger partial charge in [-0.1, -0.05) is 15.9 Å². The molecular weight excluding hydrogens is 270 g/mol. The Hall–Kier alpha value is -0.580. The van der Waals surface area contributed by atoms with E-state index in [0.29, 0.717) is 6.61 Å². The van der Waals surface area contributed by atoms with E-state index in [1.165, 1.54) is 0 Å². The molecule has 88 valence electrons. The van der Waals surface area contributed by atoms with E-state index in [1.54, 1.807) is 0 Å². The van der Waals surface area contributed by atoms with Crippen LogP contribution in [0.4, 0.5) is 0 Å². The van der Waals surface area contributed by atoms with E-state index in [9.17, 15) is 0 Å². The maximum absolute atomic E-state index is 5.75. The summed E-state index contributed by atoms with van der Waals surface area (Å²) in [5.74, 6) is 0.928. The number of nitrogens with one attached hydrogen (secondary N) is 1. The van der Waals surface area contributed by atoms with Crippen LogP contribution in [0.1, 0.15) is 5.56 Å². The van der Waals surface area contributed by atoms with Gasteiger partial charge in [0.2, 0.25) is 0 Å². The van der Waals surface area contributed by atoms with Crippen LogP contribution in [0.2, 0.25) is 0 Å². The Bertz CT molecular complexity index is 351. The first-order chi connectivity index (χ1) is 7.75. The molecule has 1 aromatic rings. The van der Waals surface area contributed by atoms with Crippen molar-refractivity contribution >= 4 is 15.9 Å². The van der Waals surface area contributed by atoms with E-state index in [1.807, 2.05) is 19.1 Å². The molecule has 0 bridgehead atoms. The number of rotatable bonds is 3. The predicted octanol–water partition coefficient (Wildman–Crippen LogP) is 2.12. The van der Waals surface area contributed by atoms with E-state index in [4.69, 9.17) is 9.47 Å². The highest BCUT2D eigenvalue weighted by Crippen LogP contribution is 2.22. The molecule has 1 N–H and O–H groups in total. The van der Waals surface area contributed by atoms with Gasteiger partial charge >= 0.3 is 0 Å². The van der Waals surface area contributed by atoms with E-state index in [2.05, 4.69) is 27.3 Å². The molecule has 2 rings (SSSR count). The number of hydrogen-bond donors (Lipinski definition) is 1. The first-order valence-corrected chi connectivity index (χ1v) is 6.26. The molecule has 0 spiro atoms. The molecule has 4 heteroatoms. The van der Waals surface area contributed by atoms with Crippen molar-refractivity contribution in [2.24, 2.45) is 0 Å². The molecule has 0 radical (unpaired) electrons. The maximum Gasteiger partial charge on any atom is 0.122 e. The normalized spacial score (nSPS) is 20.8. The predicted molar refractivity (Wildman–Crippen MR) is 67.0 cm³/mol. The highest BCUT2D eigenvalue weighted by Gasteiger charge is 2.14. The largest absolute Gasteiger partial charge is 0.491 e. The number of benzene rings is 1. The number of morpholine rings is 1. The second-order valence-corrected chi connectivity index (χ2v) is 4.83. The van der Waals surface area contributed by atoms with Crippen LogP contribution in [0.3, 0.4) is 0 Å². The van der Waals surface area contributed by atoms with Crippen molar-refractivity contribution in [2.45, 2.75) is 13.0 Å². The van der Waals surface area contributed by atoms with Crippen LogP contribution in [-0.4, -0.2) is 32.4 Å². The average Bonchev–Trinajstić information content (AvgIpc) is 2.29. The minimum absolute atomic E-state index is 0.164. The molecule has 1 aromatic carbocycles. The fourth-order valence-corrected chi connectivity index (χ4v) is 2.16. The maximum atomic E-state index is 5.75. The Morgan fingerprint density at radius 2 is 2.44 bits per heavy atom. The fourth-order valence-electron chi connectivity index (χ4n) is 1.68. The zero-order chi connectivity index (χ0) is 11.4. The van der Waals surface area contributed by atoms with Crippen molar-refractivity contribution in [3.63, 3.8) is 0 Å². The van der Waals surface area contributed by atoms with Gasteiger partial charge in [-0.05, 0) is 30.7 Å². The summed E-state index contributed by atoms with van der Waals surface area (Å²) >= 11 is 3.43. The second kappa shape index (κ2) is 5.66. The molecule has 1 saturated heterocycles. The highest BCUT2D eigenvalue weighted by molar-refractivity contribution is 9.10. The van der Waals surface area contributed by atoms with Gasteiger partial charge in [-0.15, -0.1) is 0 Å². The first kappa shape index (κ1) is 11.9. The average molecular weight is 286 g/mol. The van der Waals surface area contributed by atoms with Gasteiger partial charge in [0.25, 0.3) is 0 Å². The summed E-state index contributed by atoms with van der Waals surface area (Å²) in [6.45, 7) is 5.23. The quantitative estimate of drug-likeness (QED) is 0.923. The van der Waals surface area contributed by atoms with Crippen LogP contribution in [0.25, 0.3) is 0 Å². The van der Waals surface area contributed by atoms with Crippen LogP contribution in [0, 0.1) is 6.92 Å². The third-order valence-corrected chi connectivity index (χ3v) is 3.06. The van der Waals surface area contributed by atoms with Crippen molar-refractivity contribution in [1.82, 2.24) is 5.32 Å². The number of halogens is 1. The van der Waals surface area contributed by atoms with Crippen LogP contribution >= 0.6 is 15.9 Å². The SMILES string of the molecule is Cc1cc(Br)ccc1OCC1CNCCO1. The summed E-state index contributed by atoms with van der Waals surface area (Å²) in [6.07, 6.45) is 0.164. The van der Waals surface area contributed by atoms with Gasteiger partial charge in [0.05, 0.1) is 6.61 Å². The molecule has 0 aliphatic carbocycles. The molecule has 0 saturated carbocycles. The van der Waals surface area contributed by atoms with Crippen LogP contribution < -0.4 is 10.1 Å². The monoisotopic (exact) mass is 285 g/mol. The van der Waals surface area contributed by atoms with Crippen molar-refractivity contribution in [1.29, 1.82) is 0 Å². The van der Waals surface area contributed by atoms with Gasteiger partial charge in [-0.3, -0.25) is 0 Å². The number of aryl methyl sites for hydroxylation is 1. The van der Waals surface area contributed by atoms with Gasteiger partial charge in [0.1, 0.15) is 18.5 Å². The smallest absolute Gasteiger partial charge is 0.122 e. The molecule has 1 unspecified atom stereocenters. The zero-order valence-electron chi connectivity index (χ0n) is 9.33. The first-order valence-electron chi connectivity index (χ1n) is 5.47. The summed E-state index contributed by atoms with van der Waals surface area (Å²) in [6, 6.07) is 6.02. The topological polar surface area (TPSA) is 30.5 Å². The second-order valence-electron chi connectivity index (χ2n) is 3.92. The summed E-state index contributed by atoms with van der Waals surface area (Å²) < 4.78 is 12.4. The fraction of sp³-hybridized carbons (Fsp3) is 0.500. The van der Waals surface area contributed by atoms with Crippen molar-refractivity contribution in [3.05, 3.63) is 28.2 Å². The summed E-state index contributed by atoms with van der Waals surface area (Å²) in [5.41, 5.74) is 1.14. The Labute approximate surface area is 104 Å². The standard InChI is InChI=1S/C12H16BrNO2/c1-9-6-10(13)2-3-12(9)16-8-11-7-14-4-5-15-11/h2-3,6,11,14H,4-5,7-8H2,1H3. The van der Waals surface area contributed by atoms with Gasteiger partial charge in [0.15, 0.2) is 0 Å². The molecule has 1 aliphatic heterocycles. The van der Waals surface area contributed by atoms with Gasteiger partial charge < -0.3 is 14.8 Å². The minimum Gasteiger partial charge on any atom is -0.491 e. The molecule has 1 fully saturated rings. The van der Waals surface area contributed by atoms with Gasteiger partial charge in [0, 0.05) is 17.6 Å². The Kier molecular flexibility index (Phi) is 4.21. The van der Waals surface area contributed by atoms with E-state index >= 15 is 0 Å². The van der Waals surface area contributed by atoms with E-state index < -0.39 is 0 Å². The Morgan fingerprint density at radius 3 is 3.12 bits per heavy atom. The molecule has 1 atom stereocenters. The third-order valence-electron chi connectivity index (χ3n) is 2.57. The van der Waals surface area contributed by atoms with Crippen LogP contribution in [-0.2, 0) is 4.74 Å². The Balaban J connectivity index is 1.88. The Morgan fingerprint density at radius 1 is 1.56 bits per heavy atom. The van der Waals surface area contributed by atoms with Crippen molar-refractivity contribution < 1.29 is 9.47 Å².